The van der Waals surface area contributed by atoms with Crippen molar-refractivity contribution in [2.24, 2.45) is 0 Å². The minimum atomic E-state index is 0.934. The van der Waals surface area contributed by atoms with E-state index < -0.39 is 0 Å². The van der Waals surface area contributed by atoms with Gasteiger partial charge in [0.2, 0.25) is 0 Å². The van der Waals surface area contributed by atoms with Crippen molar-refractivity contribution in [2.45, 2.75) is 0 Å². The topological polar surface area (TPSA) is 30.7 Å². The first-order valence-electron chi connectivity index (χ1n) is 13.9. The van der Waals surface area contributed by atoms with Crippen LogP contribution < -0.4 is 0 Å². The molecule has 0 saturated heterocycles. The summed E-state index contributed by atoms with van der Waals surface area (Å²) in [5.41, 5.74) is 8.83. The van der Waals surface area contributed by atoms with Gasteiger partial charge in [0, 0.05) is 23.0 Å². The first-order valence-corrected chi connectivity index (χ1v) is 13.9. The molecule has 3 nitrogen and oxygen atoms in total. The molecule has 0 radical (unpaired) electrons. The van der Waals surface area contributed by atoms with Crippen molar-refractivity contribution in [3.8, 4) is 39.5 Å². The summed E-state index contributed by atoms with van der Waals surface area (Å²) in [6.07, 6.45) is 1.87. The second kappa shape index (κ2) is 9.58. The summed E-state index contributed by atoms with van der Waals surface area (Å²) in [6, 6.07) is 51.1. The number of hydrogen-bond acceptors (Lipinski definition) is 2. The van der Waals surface area contributed by atoms with Crippen molar-refractivity contribution in [3.05, 3.63) is 152 Å². The molecular formula is C38H25N3. The van der Waals surface area contributed by atoms with Gasteiger partial charge in [-0.05, 0) is 69.1 Å². The van der Waals surface area contributed by atoms with Crippen LogP contribution in [-0.2, 0) is 0 Å². The Morgan fingerprint density at radius 2 is 1.00 bits per heavy atom. The summed E-state index contributed by atoms with van der Waals surface area (Å²) in [5.74, 6) is 0.934. The van der Waals surface area contributed by atoms with Gasteiger partial charge in [0.05, 0.1) is 16.7 Å². The highest BCUT2D eigenvalue weighted by Crippen LogP contribution is 2.43. The van der Waals surface area contributed by atoms with Crippen LogP contribution in [0.25, 0.3) is 72.0 Å². The molecule has 41 heavy (non-hydrogen) atoms. The van der Waals surface area contributed by atoms with Crippen LogP contribution in [0.1, 0.15) is 0 Å². The largest absolute Gasteiger partial charge is 0.292 e. The van der Waals surface area contributed by atoms with Crippen LogP contribution in [0.5, 0.6) is 0 Å². The second-order valence-corrected chi connectivity index (χ2v) is 10.2. The lowest BCUT2D eigenvalue weighted by atomic mass is 9.87. The lowest BCUT2D eigenvalue weighted by Gasteiger charge is -2.17. The van der Waals surface area contributed by atoms with Crippen molar-refractivity contribution in [3.63, 3.8) is 0 Å². The maximum Gasteiger partial charge on any atom is 0.145 e. The minimum absolute atomic E-state index is 0.934. The van der Waals surface area contributed by atoms with E-state index in [9.17, 15) is 0 Å². The van der Waals surface area contributed by atoms with Gasteiger partial charge in [-0.15, -0.1) is 0 Å². The SMILES string of the molecule is c1ccc(-n2c(-c3ccc(-c4c5ccccc5c(-c5ccccn5)c5ccccc45)cc3)nc3ccccc32)cc1. The molecule has 0 atom stereocenters. The van der Waals surface area contributed by atoms with Gasteiger partial charge in [-0.3, -0.25) is 9.55 Å². The summed E-state index contributed by atoms with van der Waals surface area (Å²) < 4.78 is 2.25. The van der Waals surface area contributed by atoms with Crippen LogP contribution in [0.15, 0.2) is 152 Å². The monoisotopic (exact) mass is 523 g/mol. The number of fused-ring (bicyclic) bond motifs is 3. The Morgan fingerprint density at radius 1 is 0.439 bits per heavy atom. The summed E-state index contributed by atoms with van der Waals surface area (Å²) in [4.78, 5) is 9.80. The number of aromatic nitrogens is 3. The Bertz CT molecular complexity index is 2120. The summed E-state index contributed by atoms with van der Waals surface area (Å²) >= 11 is 0. The Labute approximate surface area is 238 Å². The molecule has 0 aliphatic rings. The highest BCUT2D eigenvalue weighted by molar-refractivity contribution is 6.21. The van der Waals surface area contributed by atoms with E-state index in [1.165, 1.54) is 38.2 Å². The molecule has 8 aromatic rings. The fourth-order valence-electron chi connectivity index (χ4n) is 6.07. The van der Waals surface area contributed by atoms with Crippen molar-refractivity contribution < 1.29 is 0 Å². The predicted octanol–water partition coefficient (Wildman–Crippen LogP) is 9.73. The normalized spacial score (nSPS) is 11.4. The van der Waals surface area contributed by atoms with Crippen LogP contribution in [0.4, 0.5) is 0 Å². The van der Waals surface area contributed by atoms with Crippen LogP contribution in [-0.4, -0.2) is 14.5 Å². The standard InChI is InChI=1S/C38H25N3/c1-2-12-28(13-3-1)41-35-20-9-8-18-33(35)40-38(41)27-23-21-26(22-24-27)36-29-14-4-6-16-31(29)37(34-19-10-11-25-39-34)32-17-7-5-15-30(32)36/h1-25H. The predicted molar refractivity (Wildman–Crippen MR) is 170 cm³/mol. The van der Waals surface area contributed by atoms with Gasteiger partial charge in [0.15, 0.2) is 0 Å². The smallest absolute Gasteiger partial charge is 0.145 e. The van der Waals surface area contributed by atoms with E-state index >= 15 is 0 Å². The van der Waals surface area contributed by atoms with Gasteiger partial charge in [0.25, 0.3) is 0 Å². The number of imidazole rings is 1. The van der Waals surface area contributed by atoms with Crippen LogP contribution in [0.2, 0.25) is 0 Å². The zero-order valence-electron chi connectivity index (χ0n) is 22.3. The fourth-order valence-corrected chi connectivity index (χ4v) is 6.07. The second-order valence-electron chi connectivity index (χ2n) is 10.2. The Morgan fingerprint density at radius 3 is 1.66 bits per heavy atom. The highest BCUT2D eigenvalue weighted by atomic mass is 15.1. The van der Waals surface area contributed by atoms with E-state index in [0.717, 1.165) is 33.8 Å². The van der Waals surface area contributed by atoms with Gasteiger partial charge in [-0.25, -0.2) is 4.98 Å². The average molecular weight is 524 g/mol. The van der Waals surface area contributed by atoms with Gasteiger partial charge < -0.3 is 0 Å². The molecule has 8 rings (SSSR count). The molecule has 0 spiro atoms. The van der Waals surface area contributed by atoms with Crippen LogP contribution >= 0.6 is 0 Å². The Kier molecular flexibility index (Phi) is 5.46. The summed E-state index contributed by atoms with van der Waals surface area (Å²) in [5, 5.41) is 4.84. The number of nitrogens with zero attached hydrogens (tertiary/aromatic N) is 3. The van der Waals surface area contributed by atoms with E-state index in [1.807, 2.05) is 24.4 Å². The molecule has 3 heteroatoms. The molecule has 0 aliphatic heterocycles. The maximum atomic E-state index is 5.06. The van der Waals surface area contributed by atoms with Crippen molar-refractivity contribution >= 4 is 32.6 Å². The van der Waals surface area contributed by atoms with E-state index in [2.05, 4.69) is 132 Å². The van der Waals surface area contributed by atoms with E-state index in [1.54, 1.807) is 0 Å². The molecule has 192 valence electrons. The third-order valence-corrected chi connectivity index (χ3v) is 7.86. The van der Waals surface area contributed by atoms with Crippen LogP contribution in [0, 0.1) is 0 Å². The molecule has 6 aromatic carbocycles. The Balaban J connectivity index is 1.34. The Hall–Kier alpha value is -5.54. The number of hydrogen-bond donors (Lipinski definition) is 0. The molecule has 2 aromatic heterocycles. The van der Waals surface area contributed by atoms with E-state index in [-0.39, 0.29) is 0 Å². The molecule has 0 bridgehead atoms. The third-order valence-electron chi connectivity index (χ3n) is 7.86. The van der Waals surface area contributed by atoms with E-state index in [4.69, 9.17) is 9.97 Å². The van der Waals surface area contributed by atoms with Crippen molar-refractivity contribution in [2.75, 3.05) is 0 Å². The molecule has 0 amide bonds. The summed E-state index contributed by atoms with van der Waals surface area (Å²) in [7, 11) is 0. The molecule has 0 saturated carbocycles. The van der Waals surface area contributed by atoms with Gasteiger partial charge >= 0.3 is 0 Å². The maximum absolute atomic E-state index is 5.06. The molecule has 0 unspecified atom stereocenters. The summed E-state index contributed by atoms with van der Waals surface area (Å²) in [6.45, 7) is 0. The minimum Gasteiger partial charge on any atom is -0.292 e. The third kappa shape index (κ3) is 3.82. The quantitative estimate of drug-likeness (QED) is 0.215. The average Bonchev–Trinajstić information content (AvgIpc) is 3.44. The first kappa shape index (κ1) is 23.4. The number of rotatable bonds is 4. The fraction of sp³-hybridized carbons (Fsp3) is 0. The first-order chi connectivity index (χ1) is 20.4. The number of para-hydroxylation sites is 3. The van der Waals surface area contributed by atoms with Crippen LogP contribution in [0.3, 0.4) is 0 Å². The molecule has 0 aliphatic carbocycles. The zero-order valence-corrected chi connectivity index (χ0v) is 22.3. The molecular weight excluding hydrogens is 498 g/mol. The van der Waals surface area contributed by atoms with E-state index in [0.29, 0.717) is 0 Å². The molecule has 0 fully saturated rings. The molecule has 0 N–H and O–H groups in total. The highest BCUT2D eigenvalue weighted by Gasteiger charge is 2.18. The van der Waals surface area contributed by atoms with Crippen molar-refractivity contribution in [1.82, 2.24) is 14.5 Å². The van der Waals surface area contributed by atoms with Gasteiger partial charge in [-0.1, -0.05) is 109 Å². The number of pyridine rings is 1. The molecule has 2 heterocycles. The zero-order chi connectivity index (χ0) is 27.2. The van der Waals surface area contributed by atoms with Gasteiger partial charge in [-0.2, -0.15) is 0 Å². The lowest BCUT2D eigenvalue weighted by Crippen LogP contribution is -1.97. The lowest BCUT2D eigenvalue weighted by molar-refractivity contribution is 1.10. The number of benzene rings is 6. The van der Waals surface area contributed by atoms with Gasteiger partial charge in [0.1, 0.15) is 5.82 Å². The van der Waals surface area contributed by atoms with Crippen molar-refractivity contribution in [1.29, 1.82) is 0 Å².